The number of benzene rings is 1. The summed E-state index contributed by atoms with van der Waals surface area (Å²) in [6.07, 6.45) is 2.82. The van der Waals surface area contributed by atoms with Crippen LogP contribution in [0.5, 0.6) is 5.75 Å². The Labute approximate surface area is 133 Å². The largest absolute Gasteiger partial charge is 0.433 e. The highest BCUT2D eigenvalue weighted by Gasteiger charge is 2.31. The van der Waals surface area contributed by atoms with Gasteiger partial charge in [-0.25, -0.2) is 8.42 Å². The minimum Gasteiger partial charge on any atom is -0.433 e. The van der Waals surface area contributed by atoms with Crippen molar-refractivity contribution in [2.45, 2.75) is 44.5 Å². The molecule has 1 aliphatic rings. The first kappa shape index (κ1) is 17.7. The standard InChI is InChI=1S/C15H19F2NO4S/c1-10-5-4-8-12(22-15(16)17)14(10)18-13(19)9-23(20,21)11-6-2-3-7-11/h4-5,8,11,15H,2-3,6-7,9H2,1H3,(H,18,19). The third-order valence-electron chi connectivity index (χ3n) is 3.86. The molecule has 1 saturated carbocycles. The van der Waals surface area contributed by atoms with E-state index in [2.05, 4.69) is 10.1 Å². The molecule has 128 valence electrons. The van der Waals surface area contributed by atoms with E-state index in [0.29, 0.717) is 18.4 Å². The van der Waals surface area contributed by atoms with Gasteiger partial charge in [0.05, 0.1) is 10.9 Å². The first-order chi connectivity index (χ1) is 10.8. The second-order valence-electron chi connectivity index (χ2n) is 5.59. The molecule has 0 atom stereocenters. The Bertz CT molecular complexity index is 670. The summed E-state index contributed by atoms with van der Waals surface area (Å²) in [5.41, 5.74) is 0.578. The van der Waals surface area contributed by atoms with Crippen LogP contribution in [0.4, 0.5) is 14.5 Å². The van der Waals surface area contributed by atoms with E-state index >= 15 is 0 Å². The van der Waals surface area contributed by atoms with Gasteiger partial charge in [-0.2, -0.15) is 8.78 Å². The number of hydrogen-bond acceptors (Lipinski definition) is 4. The molecule has 2 rings (SSSR count). The lowest BCUT2D eigenvalue weighted by Crippen LogP contribution is -2.29. The molecular formula is C15H19F2NO4S. The van der Waals surface area contributed by atoms with Gasteiger partial charge >= 0.3 is 6.61 Å². The summed E-state index contributed by atoms with van der Waals surface area (Å²) in [7, 11) is -3.53. The van der Waals surface area contributed by atoms with Crippen LogP contribution in [0.1, 0.15) is 31.2 Å². The van der Waals surface area contributed by atoms with Crippen molar-refractivity contribution in [3.8, 4) is 5.75 Å². The van der Waals surface area contributed by atoms with E-state index in [0.717, 1.165) is 12.8 Å². The fourth-order valence-electron chi connectivity index (χ4n) is 2.72. The van der Waals surface area contributed by atoms with Crippen LogP contribution in [-0.2, 0) is 14.6 Å². The number of nitrogens with one attached hydrogen (secondary N) is 1. The maximum atomic E-state index is 12.4. The van der Waals surface area contributed by atoms with Gasteiger partial charge in [0.1, 0.15) is 11.5 Å². The number of ether oxygens (including phenoxy) is 1. The lowest BCUT2D eigenvalue weighted by molar-refractivity contribution is -0.114. The first-order valence-electron chi connectivity index (χ1n) is 7.35. The zero-order chi connectivity index (χ0) is 17.0. The molecule has 0 heterocycles. The van der Waals surface area contributed by atoms with Crippen LogP contribution in [0.2, 0.25) is 0 Å². The molecule has 0 spiro atoms. The van der Waals surface area contributed by atoms with Crippen LogP contribution in [0.25, 0.3) is 0 Å². The van der Waals surface area contributed by atoms with E-state index in [1.165, 1.54) is 12.1 Å². The van der Waals surface area contributed by atoms with Crippen LogP contribution in [-0.4, -0.2) is 31.9 Å². The molecule has 1 aliphatic carbocycles. The predicted molar refractivity (Wildman–Crippen MR) is 82.5 cm³/mol. The molecule has 0 radical (unpaired) electrons. The Balaban J connectivity index is 2.11. The number of alkyl halides is 2. The van der Waals surface area contributed by atoms with Crippen molar-refractivity contribution >= 4 is 21.4 Å². The number of amides is 1. The molecule has 1 N–H and O–H groups in total. The number of carbonyl (C=O) groups is 1. The predicted octanol–water partition coefficient (Wildman–Crippen LogP) is 2.89. The van der Waals surface area contributed by atoms with Gasteiger partial charge < -0.3 is 10.1 Å². The Morgan fingerprint density at radius 3 is 2.61 bits per heavy atom. The fraction of sp³-hybridized carbons (Fsp3) is 0.533. The van der Waals surface area contributed by atoms with Crippen molar-refractivity contribution in [1.29, 1.82) is 0 Å². The number of para-hydroxylation sites is 1. The number of rotatable bonds is 6. The molecular weight excluding hydrogens is 328 g/mol. The van der Waals surface area contributed by atoms with Gasteiger partial charge in [-0.1, -0.05) is 25.0 Å². The molecule has 0 aromatic heterocycles. The normalized spacial score (nSPS) is 15.8. The lowest BCUT2D eigenvalue weighted by atomic mass is 10.2. The fourth-order valence-corrected chi connectivity index (χ4v) is 4.44. The number of hydrogen-bond donors (Lipinski definition) is 1. The van der Waals surface area contributed by atoms with Crippen molar-refractivity contribution in [2.24, 2.45) is 0 Å². The van der Waals surface area contributed by atoms with Gasteiger partial charge in [0.2, 0.25) is 5.91 Å². The number of halogens is 2. The van der Waals surface area contributed by atoms with E-state index < -0.39 is 33.4 Å². The summed E-state index contributed by atoms with van der Waals surface area (Å²) in [6, 6.07) is 4.41. The van der Waals surface area contributed by atoms with E-state index in [1.807, 2.05) is 0 Å². The van der Waals surface area contributed by atoms with Crippen molar-refractivity contribution in [2.75, 3.05) is 11.1 Å². The molecule has 0 unspecified atom stereocenters. The van der Waals surface area contributed by atoms with Gasteiger partial charge in [0, 0.05) is 0 Å². The monoisotopic (exact) mass is 347 g/mol. The molecule has 0 bridgehead atoms. The molecule has 1 fully saturated rings. The van der Waals surface area contributed by atoms with Crippen LogP contribution in [0.15, 0.2) is 18.2 Å². The summed E-state index contributed by atoms with van der Waals surface area (Å²) in [4.78, 5) is 12.0. The van der Waals surface area contributed by atoms with E-state index in [-0.39, 0.29) is 11.4 Å². The summed E-state index contributed by atoms with van der Waals surface area (Å²) in [6.45, 7) is -1.42. The number of aryl methyl sites for hydroxylation is 1. The minimum absolute atomic E-state index is 0.0689. The minimum atomic E-state index is -3.53. The second kappa shape index (κ2) is 7.25. The van der Waals surface area contributed by atoms with Crippen molar-refractivity contribution in [1.82, 2.24) is 0 Å². The topological polar surface area (TPSA) is 72.5 Å². The van der Waals surface area contributed by atoms with Crippen LogP contribution < -0.4 is 10.1 Å². The van der Waals surface area contributed by atoms with Crippen molar-refractivity contribution < 1.29 is 26.7 Å². The highest BCUT2D eigenvalue weighted by molar-refractivity contribution is 7.92. The SMILES string of the molecule is Cc1cccc(OC(F)F)c1NC(=O)CS(=O)(=O)C1CCCC1. The molecule has 1 aromatic rings. The van der Waals surface area contributed by atoms with Crippen molar-refractivity contribution in [3.63, 3.8) is 0 Å². The average Bonchev–Trinajstić information content (AvgIpc) is 2.96. The third kappa shape index (κ3) is 4.63. The smallest absolute Gasteiger partial charge is 0.387 e. The maximum absolute atomic E-state index is 12.4. The lowest BCUT2D eigenvalue weighted by Gasteiger charge is -2.15. The third-order valence-corrected chi connectivity index (χ3v) is 6.01. The quantitative estimate of drug-likeness (QED) is 0.859. The van der Waals surface area contributed by atoms with Crippen molar-refractivity contribution in [3.05, 3.63) is 23.8 Å². The molecule has 1 amide bonds. The van der Waals surface area contributed by atoms with Gasteiger partial charge in [0.25, 0.3) is 0 Å². The summed E-state index contributed by atoms with van der Waals surface area (Å²) < 4.78 is 53.5. The van der Waals surface area contributed by atoms with Crippen LogP contribution in [0.3, 0.4) is 0 Å². The van der Waals surface area contributed by atoms with Gasteiger partial charge in [-0.3, -0.25) is 4.79 Å². The van der Waals surface area contributed by atoms with Crippen LogP contribution >= 0.6 is 0 Å². The Kier molecular flexibility index (Phi) is 5.56. The number of carbonyl (C=O) groups excluding carboxylic acids is 1. The first-order valence-corrected chi connectivity index (χ1v) is 9.07. The summed E-state index contributed by atoms with van der Waals surface area (Å²) in [5, 5.41) is 1.90. The molecule has 23 heavy (non-hydrogen) atoms. The molecule has 0 aliphatic heterocycles. The summed E-state index contributed by atoms with van der Waals surface area (Å²) >= 11 is 0. The van der Waals surface area contributed by atoms with Crippen LogP contribution in [0, 0.1) is 6.92 Å². The summed E-state index contributed by atoms with van der Waals surface area (Å²) in [5.74, 6) is -1.59. The Hall–Kier alpha value is -1.70. The maximum Gasteiger partial charge on any atom is 0.387 e. The molecule has 0 saturated heterocycles. The second-order valence-corrected chi connectivity index (χ2v) is 7.87. The highest BCUT2D eigenvalue weighted by Crippen LogP contribution is 2.30. The van der Waals surface area contributed by atoms with Gasteiger partial charge in [0.15, 0.2) is 9.84 Å². The van der Waals surface area contributed by atoms with E-state index in [1.54, 1.807) is 13.0 Å². The average molecular weight is 347 g/mol. The molecule has 5 nitrogen and oxygen atoms in total. The van der Waals surface area contributed by atoms with E-state index in [4.69, 9.17) is 0 Å². The Morgan fingerprint density at radius 2 is 2.00 bits per heavy atom. The van der Waals surface area contributed by atoms with E-state index in [9.17, 15) is 22.0 Å². The number of sulfone groups is 1. The molecule has 1 aromatic carbocycles. The molecule has 8 heteroatoms. The number of anilines is 1. The van der Waals surface area contributed by atoms with Gasteiger partial charge in [-0.15, -0.1) is 0 Å². The van der Waals surface area contributed by atoms with Gasteiger partial charge in [-0.05, 0) is 31.4 Å². The Morgan fingerprint density at radius 1 is 1.35 bits per heavy atom. The zero-order valence-electron chi connectivity index (χ0n) is 12.7. The zero-order valence-corrected chi connectivity index (χ0v) is 13.5. The highest BCUT2D eigenvalue weighted by atomic mass is 32.2.